The van der Waals surface area contributed by atoms with Gasteiger partial charge in [0.1, 0.15) is 6.04 Å². The maximum atomic E-state index is 12.4. The molecule has 0 aliphatic rings. The number of carbonyl (C=O) groups excluding carboxylic acids is 1. The summed E-state index contributed by atoms with van der Waals surface area (Å²) in [7, 11) is 0.0287. The van der Waals surface area contributed by atoms with Gasteiger partial charge in [-0.1, -0.05) is 19.1 Å². The van der Waals surface area contributed by atoms with Crippen molar-refractivity contribution >= 4 is 28.3 Å². The fourth-order valence-electron chi connectivity index (χ4n) is 2.39. The zero-order chi connectivity index (χ0) is 18.4. The van der Waals surface area contributed by atoms with Gasteiger partial charge < -0.3 is 10.6 Å². The average molecular weight is 402 g/mol. The minimum Gasteiger partial charge on any atom is -0.350 e. The highest BCUT2D eigenvalue weighted by Crippen LogP contribution is 2.13. The van der Waals surface area contributed by atoms with Gasteiger partial charge in [0, 0.05) is 31.9 Å². The molecule has 0 fully saturated rings. The van der Waals surface area contributed by atoms with Gasteiger partial charge in [-0.2, -0.15) is 5.10 Å². The lowest BCUT2D eigenvalue weighted by Crippen LogP contribution is -2.35. The molecule has 0 bridgehead atoms. The van der Waals surface area contributed by atoms with Crippen LogP contribution in [0.5, 0.6) is 0 Å². The van der Waals surface area contributed by atoms with Gasteiger partial charge in [0.15, 0.2) is 0 Å². The molecule has 8 nitrogen and oxygen atoms in total. The highest BCUT2D eigenvalue weighted by molar-refractivity contribution is 7.89. The van der Waals surface area contributed by atoms with Crippen LogP contribution in [0.3, 0.4) is 0 Å². The van der Waals surface area contributed by atoms with Crippen molar-refractivity contribution in [3.05, 3.63) is 47.8 Å². The molecule has 1 unspecified atom stereocenters. The summed E-state index contributed by atoms with van der Waals surface area (Å²) >= 11 is 0. The number of hydrogen-bond acceptors (Lipinski definition) is 5. The van der Waals surface area contributed by atoms with Gasteiger partial charge in [-0.15, -0.1) is 12.4 Å². The van der Waals surface area contributed by atoms with Gasteiger partial charge in [0.25, 0.3) is 0 Å². The lowest BCUT2D eigenvalue weighted by Gasteiger charge is -2.14. The summed E-state index contributed by atoms with van der Waals surface area (Å²) in [6.45, 7) is 2.36. The third-order valence-electron chi connectivity index (χ3n) is 3.64. The number of nitrogens with zero attached hydrogens (tertiary/aromatic N) is 2. The first-order valence-corrected chi connectivity index (χ1v) is 9.37. The molecule has 0 saturated carbocycles. The van der Waals surface area contributed by atoms with Crippen molar-refractivity contribution in [2.24, 2.45) is 7.05 Å². The van der Waals surface area contributed by atoms with Crippen LogP contribution in [0.2, 0.25) is 0 Å². The molecule has 144 valence electrons. The predicted molar refractivity (Wildman–Crippen MR) is 101 cm³/mol. The summed E-state index contributed by atoms with van der Waals surface area (Å²) < 4.78 is 27.9. The van der Waals surface area contributed by atoms with Gasteiger partial charge in [-0.3, -0.25) is 9.48 Å². The average Bonchev–Trinajstić information content (AvgIpc) is 3.00. The molecule has 26 heavy (non-hydrogen) atoms. The minimum absolute atomic E-state index is 0. The number of amides is 1. The third kappa shape index (κ3) is 5.53. The van der Waals surface area contributed by atoms with E-state index in [4.69, 9.17) is 0 Å². The summed E-state index contributed by atoms with van der Waals surface area (Å²) in [6.07, 6.45) is 3.42. The summed E-state index contributed by atoms with van der Waals surface area (Å²) in [5.41, 5.74) is 1.58. The number of rotatable bonds is 8. The fourth-order valence-corrected chi connectivity index (χ4v) is 3.43. The van der Waals surface area contributed by atoms with Crippen molar-refractivity contribution in [1.82, 2.24) is 25.1 Å². The summed E-state index contributed by atoms with van der Waals surface area (Å²) in [5.74, 6) is -0.181. The van der Waals surface area contributed by atoms with Crippen molar-refractivity contribution in [1.29, 1.82) is 0 Å². The number of nitrogens with one attached hydrogen (secondary N) is 3. The Balaban J connectivity index is 0.00000338. The van der Waals surface area contributed by atoms with Gasteiger partial charge in [-0.05, 0) is 24.7 Å². The molecular formula is C16H24ClN5O3S. The molecule has 1 atom stereocenters. The maximum Gasteiger partial charge on any atom is 0.242 e. The molecule has 0 aliphatic carbocycles. The SMILES string of the molecule is CCNS(=O)(=O)c1ccc(CNC(=O)C(NC)c2cnn(C)c2)cc1.Cl. The van der Waals surface area contributed by atoms with Crippen molar-refractivity contribution in [3.8, 4) is 0 Å². The molecule has 1 heterocycles. The van der Waals surface area contributed by atoms with Gasteiger partial charge in [0.2, 0.25) is 15.9 Å². The van der Waals surface area contributed by atoms with E-state index in [1.807, 2.05) is 0 Å². The van der Waals surface area contributed by atoms with Gasteiger partial charge in [-0.25, -0.2) is 13.1 Å². The smallest absolute Gasteiger partial charge is 0.242 e. The van der Waals surface area contributed by atoms with Crippen LogP contribution in [0.15, 0.2) is 41.6 Å². The Bertz CT molecular complexity index is 821. The number of aromatic nitrogens is 2. The quantitative estimate of drug-likeness (QED) is 0.604. The van der Waals surface area contributed by atoms with E-state index in [9.17, 15) is 13.2 Å². The fraction of sp³-hybridized carbons (Fsp3) is 0.375. The predicted octanol–water partition coefficient (Wildman–Crippen LogP) is 0.717. The lowest BCUT2D eigenvalue weighted by atomic mass is 10.1. The topological polar surface area (TPSA) is 105 Å². The van der Waals surface area contributed by atoms with Crippen molar-refractivity contribution in [2.75, 3.05) is 13.6 Å². The van der Waals surface area contributed by atoms with Crippen LogP contribution < -0.4 is 15.4 Å². The molecule has 0 spiro atoms. The number of carbonyl (C=O) groups is 1. The van der Waals surface area contributed by atoms with E-state index in [1.165, 1.54) is 12.1 Å². The van der Waals surface area contributed by atoms with E-state index >= 15 is 0 Å². The largest absolute Gasteiger partial charge is 0.350 e. The number of hydrogen-bond donors (Lipinski definition) is 3. The zero-order valence-corrected chi connectivity index (χ0v) is 16.5. The molecule has 3 N–H and O–H groups in total. The molecule has 0 aliphatic heterocycles. The van der Waals surface area contributed by atoms with E-state index in [1.54, 1.807) is 50.2 Å². The standard InChI is InChI=1S/C16H23N5O3S.ClH/c1-4-20-25(23,24)14-7-5-12(6-8-14)9-18-16(22)15(17-2)13-10-19-21(3)11-13;/h5-8,10-11,15,17,20H,4,9H2,1-3H3,(H,18,22);1H. The number of aryl methyl sites for hydroxylation is 1. The van der Waals surface area contributed by atoms with Crippen LogP contribution in [0, 0.1) is 0 Å². The second-order valence-electron chi connectivity index (χ2n) is 5.53. The number of benzene rings is 1. The Kier molecular flexibility index (Phi) is 8.22. The normalized spacial score (nSPS) is 12.3. The Morgan fingerprint density at radius 1 is 1.27 bits per heavy atom. The molecular weight excluding hydrogens is 378 g/mol. The Hall–Kier alpha value is -1.94. The Labute approximate surface area is 159 Å². The Morgan fingerprint density at radius 3 is 2.42 bits per heavy atom. The molecule has 1 aromatic heterocycles. The van der Waals surface area contributed by atoms with E-state index in [2.05, 4.69) is 20.5 Å². The maximum absolute atomic E-state index is 12.4. The number of sulfonamides is 1. The molecule has 1 aromatic carbocycles. The Morgan fingerprint density at radius 2 is 1.92 bits per heavy atom. The first-order chi connectivity index (χ1) is 11.9. The van der Waals surface area contributed by atoms with E-state index < -0.39 is 16.1 Å². The van der Waals surface area contributed by atoms with Gasteiger partial charge in [0.05, 0.1) is 11.1 Å². The van der Waals surface area contributed by atoms with Crippen LogP contribution >= 0.6 is 12.4 Å². The molecule has 0 saturated heterocycles. The lowest BCUT2D eigenvalue weighted by molar-refractivity contribution is -0.123. The summed E-state index contributed by atoms with van der Waals surface area (Å²) in [4.78, 5) is 12.6. The first kappa shape index (κ1) is 22.1. The monoisotopic (exact) mass is 401 g/mol. The summed E-state index contributed by atoms with van der Waals surface area (Å²) in [6, 6.07) is 5.92. The van der Waals surface area contributed by atoms with Crippen LogP contribution in [0.4, 0.5) is 0 Å². The molecule has 2 aromatic rings. The first-order valence-electron chi connectivity index (χ1n) is 7.89. The number of likely N-dealkylation sites (N-methyl/N-ethyl adjacent to an activating group) is 1. The molecule has 1 amide bonds. The van der Waals surface area contributed by atoms with Crippen molar-refractivity contribution < 1.29 is 13.2 Å². The highest BCUT2D eigenvalue weighted by Gasteiger charge is 2.19. The highest BCUT2D eigenvalue weighted by atomic mass is 35.5. The van der Waals surface area contributed by atoms with Crippen LogP contribution in [0.1, 0.15) is 24.1 Å². The van der Waals surface area contributed by atoms with Crippen LogP contribution in [0.25, 0.3) is 0 Å². The summed E-state index contributed by atoms with van der Waals surface area (Å²) in [5, 5.41) is 9.86. The van der Waals surface area contributed by atoms with E-state index in [-0.39, 0.29) is 23.2 Å². The second kappa shape index (κ2) is 9.67. The molecule has 10 heteroatoms. The second-order valence-corrected chi connectivity index (χ2v) is 7.30. The van der Waals surface area contributed by atoms with Crippen molar-refractivity contribution in [3.63, 3.8) is 0 Å². The van der Waals surface area contributed by atoms with E-state index in [0.29, 0.717) is 13.1 Å². The molecule has 0 radical (unpaired) electrons. The minimum atomic E-state index is -3.47. The van der Waals surface area contributed by atoms with Crippen LogP contribution in [-0.2, 0) is 28.4 Å². The molecule has 2 rings (SSSR count). The van der Waals surface area contributed by atoms with Crippen LogP contribution in [-0.4, -0.2) is 37.7 Å². The zero-order valence-electron chi connectivity index (χ0n) is 14.9. The number of halogens is 1. The third-order valence-corrected chi connectivity index (χ3v) is 5.21. The van der Waals surface area contributed by atoms with Gasteiger partial charge >= 0.3 is 0 Å². The van der Waals surface area contributed by atoms with E-state index in [0.717, 1.165) is 11.1 Å². The van der Waals surface area contributed by atoms with Crippen molar-refractivity contribution in [2.45, 2.75) is 24.4 Å².